The fraction of sp³-hybridized carbons (Fsp3) is 0.684. The Kier molecular flexibility index (Phi) is 4.54. The van der Waals surface area contributed by atoms with Crippen LogP contribution in [-0.4, -0.2) is 46.6 Å². The molecule has 0 unspecified atom stereocenters. The summed E-state index contributed by atoms with van der Waals surface area (Å²) in [4.78, 5) is 24.2. The minimum Gasteiger partial charge on any atom is -0.461 e. The van der Waals surface area contributed by atoms with Crippen molar-refractivity contribution < 1.29 is 29.3 Å². The Balaban J connectivity index is 1.92. The molecule has 1 heterocycles. The molecule has 1 saturated heterocycles. The molecule has 1 aliphatic heterocycles. The molecule has 2 N–H and O–H groups in total. The van der Waals surface area contributed by atoms with E-state index in [2.05, 4.69) is 13.2 Å². The van der Waals surface area contributed by atoms with Crippen LogP contribution in [0.15, 0.2) is 24.3 Å². The number of esters is 2. The molecule has 0 amide bonds. The van der Waals surface area contributed by atoms with E-state index in [1.807, 2.05) is 13.8 Å². The first-order valence-corrected chi connectivity index (χ1v) is 8.79. The molecule has 0 radical (unpaired) electrons. The monoisotopic (exact) mass is 350 g/mol. The fourth-order valence-corrected chi connectivity index (χ4v) is 4.93. The van der Waals surface area contributed by atoms with E-state index in [1.54, 1.807) is 0 Å². The number of carbonyl (C=O) groups is 2. The Morgan fingerprint density at radius 3 is 2.80 bits per heavy atom. The van der Waals surface area contributed by atoms with Crippen LogP contribution in [0.5, 0.6) is 0 Å². The molecule has 0 bridgehead atoms. The van der Waals surface area contributed by atoms with Gasteiger partial charge in [0.05, 0.1) is 24.2 Å². The van der Waals surface area contributed by atoms with Crippen molar-refractivity contribution >= 4 is 11.9 Å². The van der Waals surface area contributed by atoms with Crippen molar-refractivity contribution in [3.8, 4) is 0 Å². The van der Waals surface area contributed by atoms with Crippen molar-refractivity contribution in [2.75, 3.05) is 6.61 Å². The number of aliphatic hydroxyl groups is 2. The van der Waals surface area contributed by atoms with E-state index in [9.17, 15) is 14.7 Å². The highest BCUT2D eigenvalue weighted by atomic mass is 16.6. The van der Waals surface area contributed by atoms with Crippen LogP contribution >= 0.6 is 0 Å². The van der Waals surface area contributed by atoms with Gasteiger partial charge < -0.3 is 19.7 Å². The molecule has 0 spiro atoms. The smallest absolute Gasteiger partial charge is 0.336 e. The van der Waals surface area contributed by atoms with Gasteiger partial charge >= 0.3 is 11.9 Å². The zero-order valence-corrected chi connectivity index (χ0v) is 14.7. The van der Waals surface area contributed by atoms with E-state index in [-0.39, 0.29) is 41.3 Å². The second kappa shape index (κ2) is 6.25. The number of ether oxygens (including phenoxy) is 2. The van der Waals surface area contributed by atoms with Gasteiger partial charge in [-0.15, -0.1) is 0 Å². The maximum Gasteiger partial charge on any atom is 0.336 e. The number of carbonyl (C=O) groups excluding carboxylic acids is 2. The highest BCUT2D eigenvalue weighted by Gasteiger charge is 2.59. The minimum absolute atomic E-state index is 0.00376. The van der Waals surface area contributed by atoms with E-state index >= 15 is 0 Å². The summed E-state index contributed by atoms with van der Waals surface area (Å²) in [5.41, 5.74) is -0.0498. The lowest BCUT2D eigenvalue weighted by molar-refractivity contribution is -0.176. The molecule has 0 aromatic rings. The highest BCUT2D eigenvalue weighted by Crippen LogP contribution is 2.55. The topological polar surface area (TPSA) is 93.1 Å². The molecule has 6 heteroatoms. The van der Waals surface area contributed by atoms with E-state index in [0.29, 0.717) is 19.3 Å². The maximum absolute atomic E-state index is 12.2. The van der Waals surface area contributed by atoms with Crippen LogP contribution in [0, 0.1) is 23.7 Å². The van der Waals surface area contributed by atoms with E-state index in [4.69, 9.17) is 14.6 Å². The summed E-state index contributed by atoms with van der Waals surface area (Å²) in [5.74, 6) is -1.73. The zero-order valence-electron chi connectivity index (χ0n) is 14.7. The lowest BCUT2D eigenvalue weighted by Crippen LogP contribution is -2.56. The summed E-state index contributed by atoms with van der Waals surface area (Å²) in [7, 11) is 0. The third-order valence-electron chi connectivity index (χ3n) is 6.23. The Labute approximate surface area is 147 Å². The molecular weight excluding hydrogens is 324 g/mol. The molecule has 3 aliphatic rings. The van der Waals surface area contributed by atoms with Gasteiger partial charge in [-0.25, -0.2) is 4.79 Å². The molecule has 6 nitrogen and oxygen atoms in total. The average Bonchev–Trinajstić information content (AvgIpc) is 2.85. The first kappa shape index (κ1) is 18.1. The summed E-state index contributed by atoms with van der Waals surface area (Å²) in [5, 5.41) is 19.6. The maximum atomic E-state index is 12.2. The number of aliphatic hydroxyl groups excluding tert-OH is 2. The quantitative estimate of drug-likeness (QED) is 0.454. The van der Waals surface area contributed by atoms with Gasteiger partial charge in [0.15, 0.2) is 0 Å². The Hall–Kier alpha value is -1.66. The van der Waals surface area contributed by atoms with Crippen LogP contribution in [-0.2, 0) is 19.1 Å². The van der Waals surface area contributed by atoms with Crippen molar-refractivity contribution in [3.05, 3.63) is 24.3 Å². The van der Waals surface area contributed by atoms with Crippen LogP contribution in [0.4, 0.5) is 0 Å². The van der Waals surface area contributed by atoms with E-state index in [1.165, 1.54) is 0 Å². The fourth-order valence-electron chi connectivity index (χ4n) is 4.93. The SMILES string of the molecule is C=C(CO)C(=O)O[C@]1(C)CC[C@@H](O)[C@H]2C[C@H]3OC(=O)[C@@H](C)[C@H]3C(=C)[C@H]21. The Morgan fingerprint density at radius 1 is 1.48 bits per heavy atom. The Morgan fingerprint density at radius 2 is 2.16 bits per heavy atom. The van der Waals surface area contributed by atoms with Crippen molar-refractivity contribution in [2.24, 2.45) is 23.7 Å². The van der Waals surface area contributed by atoms with Gasteiger partial charge in [0, 0.05) is 11.8 Å². The van der Waals surface area contributed by atoms with E-state index < -0.39 is 24.3 Å². The largest absolute Gasteiger partial charge is 0.461 e. The lowest BCUT2D eigenvalue weighted by atomic mass is 9.56. The van der Waals surface area contributed by atoms with Gasteiger partial charge in [-0.2, -0.15) is 0 Å². The minimum atomic E-state index is -0.855. The summed E-state index contributed by atoms with van der Waals surface area (Å²) in [6.45, 7) is 11.0. The molecule has 2 saturated carbocycles. The van der Waals surface area contributed by atoms with Crippen LogP contribution < -0.4 is 0 Å². The third-order valence-corrected chi connectivity index (χ3v) is 6.23. The second-order valence-electron chi connectivity index (χ2n) is 7.81. The number of hydrogen-bond acceptors (Lipinski definition) is 6. The number of rotatable bonds is 3. The molecule has 3 fully saturated rings. The van der Waals surface area contributed by atoms with Gasteiger partial charge in [0.1, 0.15) is 11.7 Å². The first-order valence-electron chi connectivity index (χ1n) is 8.79. The third kappa shape index (κ3) is 2.81. The van der Waals surface area contributed by atoms with Crippen LogP contribution in [0.1, 0.15) is 33.1 Å². The first-order chi connectivity index (χ1) is 11.7. The predicted molar refractivity (Wildman–Crippen MR) is 89.2 cm³/mol. The Bertz CT molecular complexity index is 625. The van der Waals surface area contributed by atoms with Crippen LogP contribution in [0.2, 0.25) is 0 Å². The van der Waals surface area contributed by atoms with Crippen molar-refractivity contribution in [1.29, 1.82) is 0 Å². The molecule has 25 heavy (non-hydrogen) atoms. The van der Waals surface area contributed by atoms with Gasteiger partial charge in [-0.1, -0.05) is 25.7 Å². The summed E-state index contributed by atoms with van der Waals surface area (Å²) >= 11 is 0. The van der Waals surface area contributed by atoms with E-state index in [0.717, 1.165) is 5.57 Å². The van der Waals surface area contributed by atoms with Gasteiger partial charge in [0.25, 0.3) is 0 Å². The highest BCUT2D eigenvalue weighted by molar-refractivity contribution is 5.88. The van der Waals surface area contributed by atoms with Gasteiger partial charge in [-0.3, -0.25) is 4.79 Å². The molecule has 2 aliphatic carbocycles. The molecule has 0 aromatic heterocycles. The average molecular weight is 350 g/mol. The summed E-state index contributed by atoms with van der Waals surface area (Å²) < 4.78 is 11.2. The van der Waals surface area contributed by atoms with Crippen molar-refractivity contribution in [3.63, 3.8) is 0 Å². The molecule has 3 rings (SSSR count). The van der Waals surface area contributed by atoms with Crippen molar-refractivity contribution in [2.45, 2.75) is 50.9 Å². The molecule has 7 atom stereocenters. The van der Waals surface area contributed by atoms with Crippen molar-refractivity contribution in [1.82, 2.24) is 0 Å². The summed E-state index contributed by atoms with van der Waals surface area (Å²) in [6, 6.07) is 0. The predicted octanol–water partition coefficient (Wildman–Crippen LogP) is 1.36. The summed E-state index contributed by atoms with van der Waals surface area (Å²) in [6.07, 6.45) is 0.700. The van der Waals surface area contributed by atoms with Gasteiger partial charge in [0.2, 0.25) is 0 Å². The second-order valence-corrected chi connectivity index (χ2v) is 7.81. The zero-order chi connectivity index (χ0) is 18.5. The molecular formula is C19H26O6. The lowest BCUT2D eigenvalue weighted by Gasteiger charge is -2.53. The van der Waals surface area contributed by atoms with Crippen LogP contribution in [0.25, 0.3) is 0 Å². The normalized spacial score (nSPS) is 43.0. The number of fused-ring (bicyclic) bond motifs is 2. The molecule has 0 aromatic carbocycles. The molecule has 138 valence electrons. The van der Waals surface area contributed by atoms with Gasteiger partial charge in [-0.05, 0) is 32.1 Å². The standard InChI is InChI=1S/C19H26O6/c1-9(8-20)17(22)25-19(4)6-5-13(21)12-7-14-15(10(2)16(12)19)11(3)18(23)24-14/h11-16,20-21H,1-2,5-8H2,3-4H3/t11-,12+,13+,14+,15+,16+,19+/m0/s1. The number of hydrogen-bond donors (Lipinski definition) is 2. The van der Waals surface area contributed by atoms with Crippen LogP contribution in [0.3, 0.4) is 0 Å².